The molecule has 6 nitrogen and oxygen atoms in total. The minimum absolute atomic E-state index is 0.0109. The van der Waals surface area contributed by atoms with E-state index in [1.807, 2.05) is 0 Å². The Morgan fingerprint density at radius 3 is 2.86 bits per heavy atom. The summed E-state index contributed by atoms with van der Waals surface area (Å²) in [5, 5.41) is 5.48. The zero-order chi connectivity index (χ0) is 15.1. The van der Waals surface area contributed by atoms with Crippen LogP contribution >= 0.6 is 0 Å². The van der Waals surface area contributed by atoms with Crippen molar-refractivity contribution in [3.8, 4) is 0 Å². The van der Waals surface area contributed by atoms with Gasteiger partial charge in [-0.3, -0.25) is 9.59 Å². The van der Waals surface area contributed by atoms with Crippen LogP contribution in [0.1, 0.15) is 29.6 Å². The molecule has 1 heterocycles. The second kappa shape index (κ2) is 7.75. The fraction of sp³-hybridized carbons (Fsp3) is 0.467. The molecule has 0 saturated carbocycles. The first-order valence-electron chi connectivity index (χ1n) is 7.19. The van der Waals surface area contributed by atoms with Gasteiger partial charge < -0.3 is 21.1 Å². The SMILES string of the molecule is NCCNC(=O)c1ccccc1NC(=O)CC1CCCO1. The molecule has 1 aromatic rings. The van der Waals surface area contributed by atoms with Crippen LogP contribution in [0.5, 0.6) is 0 Å². The average Bonchev–Trinajstić information content (AvgIpc) is 2.98. The number of ether oxygens (including phenoxy) is 1. The lowest BCUT2D eigenvalue weighted by Gasteiger charge is -2.13. The third-order valence-corrected chi connectivity index (χ3v) is 3.31. The highest BCUT2D eigenvalue weighted by molar-refractivity contribution is 6.03. The number of carbonyl (C=O) groups is 2. The largest absolute Gasteiger partial charge is 0.378 e. The summed E-state index contributed by atoms with van der Waals surface area (Å²) in [4.78, 5) is 24.0. The molecule has 1 fully saturated rings. The number of carbonyl (C=O) groups excluding carboxylic acids is 2. The van der Waals surface area contributed by atoms with E-state index in [1.165, 1.54) is 0 Å². The van der Waals surface area contributed by atoms with Crippen LogP contribution in [0.15, 0.2) is 24.3 Å². The van der Waals surface area contributed by atoms with Crippen molar-refractivity contribution in [3.63, 3.8) is 0 Å². The van der Waals surface area contributed by atoms with E-state index in [2.05, 4.69) is 10.6 Å². The molecule has 1 aliphatic rings. The van der Waals surface area contributed by atoms with Crippen molar-refractivity contribution < 1.29 is 14.3 Å². The van der Waals surface area contributed by atoms with Gasteiger partial charge in [-0.1, -0.05) is 12.1 Å². The molecule has 0 bridgehead atoms. The van der Waals surface area contributed by atoms with E-state index in [4.69, 9.17) is 10.5 Å². The van der Waals surface area contributed by atoms with Crippen molar-refractivity contribution in [3.05, 3.63) is 29.8 Å². The Kier molecular flexibility index (Phi) is 5.71. The standard InChI is InChI=1S/C15H21N3O3/c16-7-8-17-15(20)12-5-1-2-6-13(12)18-14(19)10-11-4-3-9-21-11/h1-2,5-6,11H,3-4,7-10,16H2,(H,17,20)(H,18,19). The van der Waals surface area contributed by atoms with Gasteiger partial charge in [-0.15, -0.1) is 0 Å². The van der Waals surface area contributed by atoms with Crippen LogP contribution in [-0.4, -0.2) is 37.6 Å². The molecule has 2 amide bonds. The van der Waals surface area contributed by atoms with Gasteiger partial charge in [0.1, 0.15) is 0 Å². The normalized spacial score (nSPS) is 17.5. The van der Waals surface area contributed by atoms with Crippen LogP contribution in [0.4, 0.5) is 5.69 Å². The molecule has 2 rings (SSSR count). The van der Waals surface area contributed by atoms with Crippen molar-refractivity contribution >= 4 is 17.5 Å². The summed E-state index contributed by atoms with van der Waals surface area (Å²) in [7, 11) is 0. The number of rotatable bonds is 6. The minimum Gasteiger partial charge on any atom is -0.378 e. The lowest BCUT2D eigenvalue weighted by atomic mass is 10.1. The number of hydrogen-bond donors (Lipinski definition) is 3. The van der Waals surface area contributed by atoms with Crippen LogP contribution in [0.25, 0.3) is 0 Å². The first-order chi connectivity index (χ1) is 10.2. The van der Waals surface area contributed by atoms with E-state index in [9.17, 15) is 9.59 Å². The molecule has 1 atom stereocenters. The molecule has 1 aliphatic heterocycles. The lowest BCUT2D eigenvalue weighted by Crippen LogP contribution is -2.30. The number of anilines is 1. The number of benzene rings is 1. The average molecular weight is 291 g/mol. The second-order valence-corrected chi connectivity index (χ2v) is 4.98. The number of hydrogen-bond acceptors (Lipinski definition) is 4. The highest BCUT2D eigenvalue weighted by atomic mass is 16.5. The number of amides is 2. The topological polar surface area (TPSA) is 93.5 Å². The summed E-state index contributed by atoms with van der Waals surface area (Å²) in [5.41, 5.74) is 6.31. The Bertz CT molecular complexity index is 499. The summed E-state index contributed by atoms with van der Waals surface area (Å²) in [6, 6.07) is 6.92. The molecule has 6 heteroatoms. The molecule has 0 radical (unpaired) electrons. The molecule has 1 aromatic carbocycles. The molecule has 4 N–H and O–H groups in total. The Labute approximate surface area is 124 Å². The Hall–Kier alpha value is -1.92. The van der Waals surface area contributed by atoms with Crippen LogP contribution in [0.2, 0.25) is 0 Å². The number of nitrogens with two attached hydrogens (primary N) is 1. The Morgan fingerprint density at radius 1 is 1.33 bits per heavy atom. The first-order valence-corrected chi connectivity index (χ1v) is 7.19. The van der Waals surface area contributed by atoms with Gasteiger partial charge in [0.15, 0.2) is 0 Å². The molecular weight excluding hydrogens is 270 g/mol. The lowest BCUT2D eigenvalue weighted by molar-refractivity contribution is -0.118. The van der Waals surface area contributed by atoms with Gasteiger partial charge in [0.05, 0.1) is 23.8 Å². The van der Waals surface area contributed by atoms with Gasteiger partial charge in [-0.05, 0) is 25.0 Å². The minimum atomic E-state index is -0.242. The smallest absolute Gasteiger partial charge is 0.253 e. The fourth-order valence-corrected chi connectivity index (χ4v) is 2.28. The third-order valence-electron chi connectivity index (χ3n) is 3.31. The molecular formula is C15H21N3O3. The summed E-state index contributed by atoms with van der Waals surface area (Å²) in [6.45, 7) is 1.49. The molecule has 0 spiro atoms. The molecule has 21 heavy (non-hydrogen) atoms. The monoisotopic (exact) mass is 291 g/mol. The van der Waals surface area contributed by atoms with Crippen LogP contribution in [0, 0.1) is 0 Å². The Balaban J connectivity index is 1.98. The molecule has 1 unspecified atom stereocenters. The predicted molar refractivity (Wildman–Crippen MR) is 80.1 cm³/mol. The van der Waals surface area contributed by atoms with E-state index in [-0.39, 0.29) is 17.9 Å². The highest BCUT2D eigenvalue weighted by Gasteiger charge is 2.20. The van der Waals surface area contributed by atoms with Crippen molar-refractivity contribution in [2.45, 2.75) is 25.4 Å². The van der Waals surface area contributed by atoms with E-state index in [0.717, 1.165) is 19.4 Å². The van der Waals surface area contributed by atoms with E-state index < -0.39 is 0 Å². The highest BCUT2D eigenvalue weighted by Crippen LogP contribution is 2.18. The maximum Gasteiger partial charge on any atom is 0.253 e. The van der Waals surface area contributed by atoms with Gasteiger partial charge in [0, 0.05) is 19.7 Å². The van der Waals surface area contributed by atoms with Crippen molar-refractivity contribution in [2.24, 2.45) is 5.73 Å². The number of nitrogens with one attached hydrogen (secondary N) is 2. The van der Waals surface area contributed by atoms with Crippen molar-refractivity contribution in [1.29, 1.82) is 0 Å². The molecule has 1 saturated heterocycles. The Morgan fingerprint density at radius 2 is 2.14 bits per heavy atom. The quantitative estimate of drug-likeness (QED) is 0.725. The third kappa shape index (κ3) is 4.54. The maximum absolute atomic E-state index is 12.0. The second-order valence-electron chi connectivity index (χ2n) is 4.98. The zero-order valence-corrected chi connectivity index (χ0v) is 11.9. The molecule has 0 aliphatic carbocycles. The summed E-state index contributed by atoms with van der Waals surface area (Å²) in [6.07, 6.45) is 2.21. The summed E-state index contributed by atoms with van der Waals surface area (Å²) >= 11 is 0. The summed E-state index contributed by atoms with van der Waals surface area (Å²) in [5.74, 6) is -0.380. The van der Waals surface area contributed by atoms with Gasteiger partial charge in [-0.2, -0.15) is 0 Å². The summed E-state index contributed by atoms with van der Waals surface area (Å²) < 4.78 is 5.44. The molecule has 114 valence electrons. The van der Waals surface area contributed by atoms with Crippen molar-refractivity contribution in [2.75, 3.05) is 25.0 Å². The van der Waals surface area contributed by atoms with Crippen LogP contribution in [-0.2, 0) is 9.53 Å². The van der Waals surface area contributed by atoms with Crippen molar-refractivity contribution in [1.82, 2.24) is 5.32 Å². The van der Waals surface area contributed by atoms with Gasteiger partial charge in [0.25, 0.3) is 5.91 Å². The first kappa shape index (κ1) is 15.5. The van der Waals surface area contributed by atoms with E-state index in [0.29, 0.717) is 30.8 Å². The van der Waals surface area contributed by atoms with Gasteiger partial charge in [0.2, 0.25) is 5.91 Å². The van der Waals surface area contributed by atoms with Gasteiger partial charge >= 0.3 is 0 Å². The van der Waals surface area contributed by atoms with Crippen LogP contribution < -0.4 is 16.4 Å². The van der Waals surface area contributed by atoms with Gasteiger partial charge in [-0.25, -0.2) is 0 Å². The van der Waals surface area contributed by atoms with Crippen LogP contribution in [0.3, 0.4) is 0 Å². The number of para-hydroxylation sites is 1. The maximum atomic E-state index is 12.0. The molecule has 0 aromatic heterocycles. The predicted octanol–water partition coefficient (Wildman–Crippen LogP) is 0.883. The zero-order valence-electron chi connectivity index (χ0n) is 11.9. The fourth-order valence-electron chi connectivity index (χ4n) is 2.28. The van der Waals surface area contributed by atoms with E-state index >= 15 is 0 Å². The van der Waals surface area contributed by atoms with E-state index in [1.54, 1.807) is 24.3 Å².